The van der Waals surface area contributed by atoms with Gasteiger partial charge in [0.1, 0.15) is 5.69 Å². The van der Waals surface area contributed by atoms with E-state index in [2.05, 4.69) is 35.8 Å². The van der Waals surface area contributed by atoms with Gasteiger partial charge in [0.2, 0.25) is 18.4 Å². The van der Waals surface area contributed by atoms with Gasteiger partial charge in [-0.25, -0.2) is 10.1 Å². The second kappa shape index (κ2) is 8.54. The van der Waals surface area contributed by atoms with Crippen LogP contribution < -0.4 is 20.6 Å². The fourth-order valence-corrected chi connectivity index (χ4v) is 3.32. The van der Waals surface area contributed by atoms with Crippen molar-refractivity contribution in [2.75, 3.05) is 12.5 Å². The first kappa shape index (κ1) is 21.5. The van der Waals surface area contributed by atoms with Gasteiger partial charge >= 0.3 is 0 Å². The highest BCUT2D eigenvalue weighted by Gasteiger charge is 2.27. The van der Waals surface area contributed by atoms with E-state index in [1.165, 1.54) is 22.9 Å². The normalized spacial score (nSPS) is 12.5. The molecule has 3 heterocycles. The zero-order valence-electron chi connectivity index (χ0n) is 17.9. The molecule has 0 saturated heterocycles. The number of nitrogens with two attached hydrogens (primary N) is 1. The van der Waals surface area contributed by atoms with Crippen molar-refractivity contribution in [3.05, 3.63) is 63.8 Å². The van der Waals surface area contributed by atoms with E-state index >= 15 is 0 Å². The first-order valence-corrected chi connectivity index (χ1v) is 9.96. The molecule has 2 aromatic carbocycles. The molecule has 0 unspecified atom stereocenters. The summed E-state index contributed by atoms with van der Waals surface area (Å²) in [7, 11) is 0. The van der Waals surface area contributed by atoms with Crippen LogP contribution in [0.15, 0.2) is 52.2 Å². The molecule has 0 bridgehead atoms. The number of fused-ring (bicyclic) bond motifs is 1. The van der Waals surface area contributed by atoms with Gasteiger partial charge in [-0.05, 0) is 35.4 Å². The molecular formula is C20H15N9O6. The van der Waals surface area contributed by atoms with Crippen LogP contribution in [0.1, 0.15) is 23.0 Å². The molecule has 4 aromatic rings. The molecule has 5 rings (SSSR count). The molecule has 0 aliphatic carbocycles. The number of aromatic nitrogens is 5. The maximum atomic E-state index is 13.1. The minimum Gasteiger partial charge on any atom is -0.454 e. The number of benzene rings is 2. The van der Waals surface area contributed by atoms with Crippen LogP contribution in [-0.2, 0) is 0 Å². The summed E-state index contributed by atoms with van der Waals surface area (Å²) in [6, 6.07) is 10.9. The Balaban J connectivity index is 1.51. The number of anilines is 1. The molecule has 0 radical (unpaired) electrons. The maximum Gasteiger partial charge on any atom is 0.294 e. The minimum absolute atomic E-state index is 0.0282. The number of hydrogen-bond donors (Lipinski definition) is 2. The van der Waals surface area contributed by atoms with Crippen molar-refractivity contribution in [3.8, 4) is 28.6 Å². The molecule has 1 aliphatic rings. The fraction of sp³-hybridized carbons (Fsp3) is 0.100. The predicted molar refractivity (Wildman–Crippen MR) is 118 cm³/mol. The predicted octanol–water partition coefficient (Wildman–Crippen LogP) is 1.69. The summed E-state index contributed by atoms with van der Waals surface area (Å²) < 4.78 is 16.6. The number of ether oxygens (including phenoxy) is 2. The lowest BCUT2D eigenvalue weighted by atomic mass is 10.1. The molecule has 15 nitrogen and oxygen atoms in total. The highest BCUT2D eigenvalue weighted by Crippen LogP contribution is 2.37. The topological polar surface area (TPSA) is 199 Å². The Morgan fingerprint density at radius 1 is 1.20 bits per heavy atom. The number of hydrogen-bond acceptors (Lipinski definition) is 12. The lowest BCUT2D eigenvalue weighted by Crippen LogP contribution is -2.21. The molecule has 15 heteroatoms. The number of amides is 1. The SMILES string of the molecule is CC(=NNC(=O)c1nnn(-c2nonc2N)c1-c1ccc2c(c1)OCO2)c1cccc([N+](=O)[O-])c1. The molecule has 3 N–H and O–H groups in total. The molecule has 35 heavy (non-hydrogen) atoms. The highest BCUT2D eigenvalue weighted by atomic mass is 16.7. The van der Waals surface area contributed by atoms with Crippen LogP contribution in [0.2, 0.25) is 0 Å². The molecule has 2 aromatic heterocycles. The second-order valence-electron chi connectivity index (χ2n) is 7.19. The summed E-state index contributed by atoms with van der Waals surface area (Å²) in [5, 5.41) is 30.3. The van der Waals surface area contributed by atoms with Gasteiger partial charge < -0.3 is 15.2 Å². The van der Waals surface area contributed by atoms with E-state index in [0.29, 0.717) is 28.3 Å². The number of nitrogens with zero attached hydrogens (tertiary/aromatic N) is 7. The van der Waals surface area contributed by atoms with Gasteiger partial charge in [-0.1, -0.05) is 17.3 Å². The van der Waals surface area contributed by atoms with E-state index in [1.54, 1.807) is 31.2 Å². The van der Waals surface area contributed by atoms with Crippen molar-refractivity contribution in [2.45, 2.75) is 6.92 Å². The maximum absolute atomic E-state index is 13.1. The van der Waals surface area contributed by atoms with Crippen molar-refractivity contribution in [1.29, 1.82) is 0 Å². The van der Waals surface area contributed by atoms with Gasteiger partial charge in [-0.2, -0.15) is 9.78 Å². The van der Waals surface area contributed by atoms with Crippen molar-refractivity contribution < 1.29 is 23.8 Å². The quantitative estimate of drug-likeness (QED) is 0.233. The Labute approximate surface area is 195 Å². The second-order valence-corrected chi connectivity index (χ2v) is 7.19. The Bertz CT molecular complexity index is 1490. The number of rotatable bonds is 6. The summed E-state index contributed by atoms with van der Waals surface area (Å²) in [6.45, 7) is 1.66. The third-order valence-electron chi connectivity index (χ3n) is 5.03. The van der Waals surface area contributed by atoms with E-state index in [1.807, 2.05) is 0 Å². The molecule has 0 atom stereocenters. The summed E-state index contributed by atoms with van der Waals surface area (Å²) in [5.41, 5.74) is 9.51. The molecule has 0 saturated carbocycles. The number of nitrogen functional groups attached to an aromatic ring is 1. The van der Waals surface area contributed by atoms with Crippen LogP contribution in [0.5, 0.6) is 11.5 Å². The Hall–Kier alpha value is -5.34. The minimum atomic E-state index is -0.705. The smallest absolute Gasteiger partial charge is 0.294 e. The highest BCUT2D eigenvalue weighted by molar-refractivity contribution is 6.02. The Kier molecular flexibility index (Phi) is 5.25. The number of nitro groups is 1. The van der Waals surface area contributed by atoms with Crippen LogP contribution in [-0.4, -0.2) is 48.6 Å². The summed E-state index contributed by atoms with van der Waals surface area (Å²) in [6.07, 6.45) is 0. The third kappa shape index (κ3) is 3.97. The van der Waals surface area contributed by atoms with Crippen molar-refractivity contribution in [3.63, 3.8) is 0 Å². The molecule has 1 amide bonds. The molecule has 0 spiro atoms. The number of non-ortho nitro benzene ring substituents is 1. The molecule has 1 aliphatic heterocycles. The molecule has 176 valence electrons. The molecule has 0 fully saturated rings. The Morgan fingerprint density at radius 2 is 2.03 bits per heavy atom. The van der Waals surface area contributed by atoms with E-state index in [-0.39, 0.29) is 35.5 Å². The monoisotopic (exact) mass is 477 g/mol. The fourth-order valence-electron chi connectivity index (χ4n) is 3.32. The van der Waals surface area contributed by atoms with Crippen molar-refractivity contribution in [1.82, 2.24) is 30.7 Å². The van der Waals surface area contributed by atoms with E-state index in [4.69, 9.17) is 15.2 Å². The van der Waals surface area contributed by atoms with Gasteiger partial charge in [0.25, 0.3) is 11.6 Å². The summed E-state index contributed by atoms with van der Waals surface area (Å²) in [5.74, 6) is 0.263. The van der Waals surface area contributed by atoms with Crippen LogP contribution >= 0.6 is 0 Å². The summed E-state index contributed by atoms with van der Waals surface area (Å²) >= 11 is 0. The number of hydrazone groups is 1. The number of nitrogens with one attached hydrogen (secondary N) is 1. The van der Waals surface area contributed by atoms with Crippen molar-refractivity contribution >= 4 is 23.1 Å². The number of carbonyl (C=O) groups is 1. The van der Waals surface area contributed by atoms with Gasteiger partial charge in [0.05, 0.1) is 10.6 Å². The van der Waals surface area contributed by atoms with Gasteiger partial charge in [-0.15, -0.1) is 5.10 Å². The van der Waals surface area contributed by atoms with Crippen molar-refractivity contribution in [2.24, 2.45) is 5.10 Å². The lowest BCUT2D eigenvalue weighted by molar-refractivity contribution is -0.384. The number of carbonyl (C=O) groups excluding carboxylic acids is 1. The van der Waals surface area contributed by atoms with Crippen LogP contribution in [0.4, 0.5) is 11.5 Å². The average molecular weight is 477 g/mol. The summed E-state index contributed by atoms with van der Waals surface area (Å²) in [4.78, 5) is 23.6. The molecular weight excluding hydrogens is 462 g/mol. The van der Waals surface area contributed by atoms with E-state index in [0.717, 1.165) is 0 Å². The lowest BCUT2D eigenvalue weighted by Gasteiger charge is -2.07. The first-order valence-electron chi connectivity index (χ1n) is 9.96. The van der Waals surface area contributed by atoms with Gasteiger partial charge in [0, 0.05) is 23.3 Å². The largest absolute Gasteiger partial charge is 0.454 e. The van der Waals surface area contributed by atoms with Gasteiger partial charge in [0.15, 0.2) is 17.2 Å². The van der Waals surface area contributed by atoms with Crippen LogP contribution in [0, 0.1) is 10.1 Å². The number of nitro benzene ring substituents is 1. The van der Waals surface area contributed by atoms with Gasteiger partial charge in [-0.3, -0.25) is 14.9 Å². The zero-order chi connectivity index (χ0) is 24.5. The van der Waals surface area contributed by atoms with Crippen LogP contribution in [0.25, 0.3) is 17.1 Å². The first-order chi connectivity index (χ1) is 16.9. The zero-order valence-corrected chi connectivity index (χ0v) is 17.9. The standard InChI is InChI=1S/C20H15N9O6/c1-10(11-3-2-4-13(7-11)29(31)32)22-24-20(30)16-17(12-5-6-14-15(8-12)34-9-33-14)28(27-23-16)19-18(21)25-35-26-19/h2-8H,9H2,1H3,(H2,21,25)(H,24,30). The van der Waals surface area contributed by atoms with Crippen LogP contribution in [0.3, 0.4) is 0 Å². The Morgan fingerprint density at radius 3 is 2.80 bits per heavy atom. The van der Waals surface area contributed by atoms with E-state index < -0.39 is 10.8 Å². The van der Waals surface area contributed by atoms with E-state index in [9.17, 15) is 14.9 Å². The third-order valence-corrected chi connectivity index (χ3v) is 5.03. The average Bonchev–Trinajstić information content (AvgIpc) is 3.60.